The van der Waals surface area contributed by atoms with Crippen LogP contribution in [0.4, 0.5) is 0 Å². The molecule has 0 bridgehead atoms. The summed E-state index contributed by atoms with van der Waals surface area (Å²) in [6, 6.07) is 28.6. The lowest BCUT2D eigenvalue weighted by atomic mass is 9.84. The van der Waals surface area contributed by atoms with Crippen LogP contribution in [-0.2, 0) is 16.1 Å². The van der Waals surface area contributed by atoms with Crippen LogP contribution in [0.2, 0.25) is 0 Å². The van der Waals surface area contributed by atoms with E-state index in [1.807, 2.05) is 66.7 Å². The van der Waals surface area contributed by atoms with Crippen LogP contribution in [0.1, 0.15) is 22.3 Å². The third-order valence-electron chi connectivity index (χ3n) is 5.99. The molecule has 4 aromatic carbocycles. The van der Waals surface area contributed by atoms with Gasteiger partial charge in [0, 0.05) is 36.3 Å². The molecule has 0 spiro atoms. The normalized spacial score (nSPS) is 12.5. The summed E-state index contributed by atoms with van der Waals surface area (Å²) in [6.07, 6.45) is 0. The van der Waals surface area contributed by atoms with E-state index in [1.54, 1.807) is 14.2 Å². The molecule has 0 aliphatic carbocycles. The van der Waals surface area contributed by atoms with E-state index >= 15 is 0 Å². The first kappa shape index (κ1) is 21.0. The highest BCUT2D eigenvalue weighted by Crippen LogP contribution is 2.49. The van der Waals surface area contributed by atoms with Gasteiger partial charge < -0.3 is 14.2 Å². The Hall–Kier alpha value is -3.91. The molecule has 1 aliphatic rings. The van der Waals surface area contributed by atoms with Crippen LogP contribution in [-0.4, -0.2) is 20.8 Å². The van der Waals surface area contributed by atoms with Crippen LogP contribution in [0, 0.1) is 11.3 Å². The molecule has 0 radical (unpaired) electrons. The van der Waals surface area contributed by atoms with Crippen molar-refractivity contribution in [2.75, 3.05) is 20.8 Å². The second-order valence-corrected chi connectivity index (χ2v) is 7.91. The lowest BCUT2D eigenvalue weighted by Crippen LogP contribution is -2.12. The average Bonchev–Trinajstić information content (AvgIpc) is 2.87. The van der Waals surface area contributed by atoms with Crippen molar-refractivity contribution in [2.45, 2.75) is 6.61 Å². The molecule has 4 nitrogen and oxygen atoms in total. The Labute approximate surface area is 193 Å². The molecule has 0 atom stereocenters. The molecule has 1 aliphatic heterocycles. The summed E-state index contributed by atoms with van der Waals surface area (Å²) < 4.78 is 17.8. The monoisotopic (exact) mass is 433 g/mol. The van der Waals surface area contributed by atoms with Crippen molar-refractivity contribution in [2.24, 2.45) is 0 Å². The van der Waals surface area contributed by atoms with Crippen LogP contribution < -0.4 is 4.74 Å². The van der Waals surface area contributed by atoms with E-state index in [0.717, 1.165) is 44.2 Å². The number of rotatable bonds is 6. The molecule has 0 saturated carbocycles. The Kier molecular flexibility index (Phi) is 5.66. The molecule has 4 heteroatoms. The van der Waals surface area contributed by atoms with Gasteiger partial charge in [-0.15, -0.1) is 0 Å². The first-order valence-corrected chi connectivity index (χ1v) is 10.8. The summed E-state index contributed by atoms with van der Waals surface area (Å²) in [6.45, 7) is 0.777. The predicted molar refractivity (Wildman–Crippen MR) is 131 cm³/mol. The maximum absolute atomic E-state index is 10.4. The van der Waals surface area contributed by atoms with Gasteiger partial charge in [0.15, 0.2) is 5.75 Å². The zero-order valence-electron chi connectivity index (χ0n) is 18.6. The van der Waals surface area contributed by atoms with Gasteiger partial charge in [0.05, 0.1) is 13.2 Å². The third-order valence-corrected chi connectivity index (χ3v) is 5.99. The van der Waals surface area contributed by atoms with Crippen LogP contribution in [0.3, 0.4) is 0 Å². The molecular weight excluding hydrogens is 410 g/mol. The topological polar surface area (TPSA) is 51.5 Å². The number of hydrogen-bond donors (Lipinski definition) is 0. The van der Waals surface area contributed by atoms with Gasteiger partial charge >= 0.3 is 0 Å². The predicted octanol–water partition coefficient (Wildman–Crippen LogP) is 6.43. The Balaban J connectivity index is 1.91. The number of hydrogen-bond acceptors (Lipinski definition) is 4. The van der Waals surface area contributed by atoms with E-state index in [2.05, 4.69) is 18.2 Å². The number of nitrogens with zero attached hydrogens (tertiary/aromatic N) is 1. The second kappa shape index (κ2) is 8.91. The van der Waals surface area contributed by atoms with E-state index in [4.69, 9.17) is 14.2 Å². The Morgan fingerprint density at radius 2 is 1.45 bits per heavy atom. The molecule has 4 aromatic rings. The number of ether oxygens (including phenoxy) is 3. The van der Waals surface area contributed by atoms with Gasteiger partial charge in [-0.2, -0.15) is 5.26 Å². The van der Waals surface area contributed by atoms with Gasteiger partial charge in [0.25, 0.3) is 0 Å². The van der Waals surface area contributed by atoms with Gasteiger partial charge in [0.1, 0.15) is 17.4 Å². The first-order chi connectivity index (χ1) is 16.3. The van der Waals surface area contributed by atoms with E-state index in [0.29, 0.717) is 30.3 Å². The van der Waals surface area contributed by atoms with Crippen molar-refractivity contribution in [3.8, 4) is 22.9 Å². The third kappa shape index (κ3) is 3.48. The van der Waals surface area contributed by atoms with Crippen molar-refractivity contribution in [1.29, 1.82) is 5.26 Å². The molecule has 0 unspecified atom stereocenters. The lowest BCUT2D eigenvalue weighted by molar-refractivity contribution is 0.186. The maximum atomic E-state index is 10.4. The van der Waals surface area contributed by atoms with Crippen LogP contribution >= 0.6 is 0 Å². The molecule has 33 heavy (non-hydrogen) atoms. The Morgan fingerprint density at radius 3 is 2.09 bits per heavy atom. The van der Waals surface area contributed by atoms with E-state index in [-0.39, 0.29) is 0 Å². The maximum Gasteiger partial charge on any atom is 0.154 e. The average molecular weight is 434 g/mol. The standard InChI is InChI=1S/C29H23NO3/c1-31-17-24-21-14-9-15-22-25(18-32-2)28(20-12-7-4-8-13-20)33-29(27(21)22)23(16-30)26(24)19-10-5-3-6-11-19/h3-15H,17-18H2,1-2H3. The fourth-order valence-electron chi connectivity index (χ4n) is 4.65. The van der Waals surface area contributed by atoms with Gasteiger partial charge in [-0.25, -0.2) is 0 Å². The van der Waals surface area contributed by atoms with E-state index in [9.17, 15) is 5.26 Å². The molecule has 0 aromatic heterocycles. The molecule has 0 fully saturated rings. The SMILES string of the molecule is COCC1=C(c2ccccc2)Oc2c(C#N)c(-c3ccccc3)c(COC)c3cccc1c23. The zero-order chi connectivity index (χ0) is 22.8. The molecule has 0 saturated heterocycles. The summed E-state index contributed by atoms with van der Waals surface area (Å²) >= 11 is 0. The van der Waals surface area contributed by atoms with E-state index < -0.39 is 0 Å². The quantitative estimate of drug-likeness (QED) is 0.351. The summed E-state index contributed by atoms with van der Waals surface area (Å²) in [5.74, 6) is 1.30. The molecule has 0 N–H and O–H groups in total. The summed E-state index contributed by atoms with van der Waals surface area (Å²) in [5.41, 5.74) is 6.22. The van der Waals surface area contributed by atoms with Crippen LogP contribution in [0.25, 0.3) is 33.2 Å². The lowest BCUT2D eigenvalue weighted by Gasteiger charge is -2.28. The molecule has 0 amide bonds. The Morgan fingerprint density at radius 1 is 0.788 bits per heavy atom. The van der Waals surface area contributed by atoms with Gasteiger partial charge in [-0.3, -0.25) is 0 Å². The summed E-state index contributed by atoms with van der Waals surface area (Å²) in [4.78, 5) is 0. The van der Waals surface area contributed by atoms with Gasteiger partial charge in [-0.05, 0) is 22.1 Å². The highest BCUT2D eigenvalue weighted by Gasteiger charge is 2.30. The summed E-state index contributed by atoms with van der Waals surface area (Å²) in [5, 5.41) is 12.3. The number of methoxy groups -OCH3 is 2. The minimum Gasteiger partial charge on any atom is -0.454 e. The van der Waals surface area contributed by atoms with Crippen molar-refractivity contribution in [3.05, 3.63) is 101 Å². The van der Waals surface area contributed by atoms with Gasteiger partial charge in [-0.1, -0.05) is 78.9 Å². The zero-order valence-corrected chi connectivity index (χ0v) is 18.6. The van der Waals surface area contributed by atoms with Crippen molar-refractivity contribution in [3.63, 3.8) is 0 Å². The minimum absolute atomic E-state index is 0.383. The van der Waals surface area contributed by atoms with Crippen LogP contribution in [0.15, 0.2) is 78.9 Å². The minimum atomic E-state index is 0.383. The second-order valence-electron chi connectivity index (χ2n) is 7.91. The van der Waals surface area contributed by atoms with Gasteiger partial charge in [0.2, 0.25) is 0 Å². The molecule has 1 heterocycles. The highest BCUT2D eigenvalue weighted by atomic mass is 16.5. The first-order valence-electron chi connectivity index (χ1n) is 10.8. The Bertz CT molecular complexity index is 1400. The van der Waals surface area contributed by atoms with Crippen LogP contribution in [0.5, 0.6) is 5.75 Å². The van der Waals surface area contributed by atoms with Crippen molar-refractivity contribution >= 4 is 22.1 Å². The smallest absolute Gasteiger partial charge is 0.154 e. The summed E-state index contributed by atoms with van der Waals surface area (Å²) in [7, 11) is 3.36. The molecular formula is C29H23NO3. The molecule has 5 rings (SSSR count). The van der Waals surface area contributed by atoms with E-state index in [1.165, 1.54) is 0 Å². The fourth-order valence-corrected chi connectivity index (χ4v) is 4.65. The highest BCUT2D eigenvalue weighted by molar-refractivity contribution is 6.11. The number of nitriles is 1. The number of benzene rings is 4. The van der Waals surface area contributed by atoms with Crippen molar-refractivity contribution < 1.29 is 14.2 Å². The molecule has 162 valence electrons. The largest absolute Gasteiger partial charge is 0.454 e. The van der Waals surface area contributed by atoms with Crippen molar-refractivity contribution in [1.82, 2.24) is 0 Å². The fraction of sp³-hybridized carbons (Fsp3) is 0.138.